The van der Waals surface area contributed by atoms with Gasteiger partial charge in [-0.1, -0.05) is 0 Å². The zero-order valence-electron chi connectivity index (χ0n) is 10.8. The lowest BCUT2D eigenvalue weighted by atomic mass is 10.2. The number of hydrogen-bond donors (Lipinski definition) is 0. The van der Waals surface area contributed by atoms with Gasteiger partial charge >= 0.3 is 0 Å². The van der Waals surface area contributed by atoms with Crippen LogP contribution in [0.15, 0.2) is 4.90 Å². The number of aryl methyl sites for hydroxylation is 1. The third-order valence-corrected chi connectivity index (χ3v) is 3.60. The third-order valence-electron chi connectivity index (χ3n) is 2.32. The summed E-state index contributed by atoms with van der Waals surface area (Å²) in [5.41, 5.74) is 0.843. The summed E-state index contributed by atoms with van der Waals surface area (Å²) in [5.74, 6) is 1.60. The number of nitrogens with zero attached hydrogens (tertiary/aromatic N) is 2. The first-order valence-electron chi connectivity index (χ1n) is 5.92. The Kier molecular flexibility index (Phi) is 4.35. The van der Waals surface area contributed by atoms with E-state index in [4.69, 9.17) is 21.1 Å². The monoisotopic (exact) mass is 288 g/mol. The smallest absolute Gasteiger partial charge is 0.232 e. The van der Waals surface area contributed by atoms with Crippen LogP contribution < -0.4 is 4.74 Å². The minimum absolute atomic E-state index is 0.149. The highest BCUT2D eigenvalue weighted by Gasteiger charge is 2.21. The zero-order chi connectivity index (χ0) is 13.2. The van der Waals surface area contributed by atoms with Crippen LogP contribution in [0.3, 0.4) is 0 Å². The second kappa shape index (κ2) is 5.63. The van der Waals surface area contributed by atoms with E-state index in [-0.39, 0.29) is 10.9 Å². The minimum atomic E-state index is -0.149. The van der Waals surface area contributed by atoms with Crippen molar-refractivity contribution in [1.82, 2.24) is 9.97 Å². The van der Waals surface area contributed by atoms with Crippen molar-refractivity contribution >= 4 is 23.4 Å². The molecule has 1 aliphatic heterocycles. The van der Waals surface area contributed by atoms with Crippen LogP contribution in [0.2, 0.25) is 5.28 Å². The van der Waals surface area contributed by atoms with Gasteiger partial charge in [0.05, 0.1) is 22.8 Å². The van der Waals surface area contributed by atoms with Gasteiger partial charge in [-0.3, -0.25) is 0 Å². The van der Waals surface area contributed by atoms with Gasteiger partial charge in [-0.05, 0) is 32.4 Å². The number of halogens is 1. The Morgan fingerprint density at radius 3 is 2.78 bits per heavy atom. The van der Waals surface area contributed by atoms with E-state index in [1.54, 1.807) is 11.8 Å². The Balaban J connectivity index is 1.94. The van der Waals surface area contributed by atoms with Gasteiger partial charge in [0.25, 0.3) is 0 Å². The average Bonchev–Trinajstić information content (AvgIpc) is 2.70. The zero-order valence-corrected chi connectivity index (χ0v) is 12.4. The van der Waals surface area contributed by atoms with E-state index in [9.17, 15) is 0 Å². The van der Waals surface area contributed by atoms with Crippen molar-refractivity contribution in [3.8, 4) is 5.88 Å². The van der Waals surface area contributed by atoms with E-state index in [1.165, 1.54) is 0 Å². The van der Waals surface area contributed by atoms with Crippen LogP contribution >= 0.6 is 23.4 Å². The lowest BCUT2D eigenvalue weighted by Gasteiger charge is -2.19. The van der Waals surface area contributed by atoms with Crippen molar-refractivity contribution < 1.29 is 9.47 Å². The molecule has 0 saturated carbocycles. The number of hydrogen-bond acceptors (Lipinski definition) is 5. The quantitative estimate of drug-likeness (QED) is 0.629. The standard InChI is InChI=1S/C12H17ClN2O2S/c1-12(2,3)17-6-5-16-10-9-8(4-7-18-9)14-11(13)15-10/h4-7H2,1-3H3. The first kappa shape index (κ1) is 13.9. The third kappa shape index (κ3) is 3.73. The summed E-state index contributed by atoms with van der Waals surface area (Å²) < 4.78 is 11.2. The number of thioether (sulfide) groups is 1. The summed E-state index contributed by atoms with van der Waals surface area (Å²) in [4.78, 5) is 9.36. The summed E-state index contributed by atoms with van der Waals surface area (Å²) in [6.45, 7) is 7.05. The largest absolute Gasteiger partial charge is 0.474 e. The van der Waals surface area contributed by atoms with E-state index in [1.807, 2.05) is 20.8 Å². The van der Waals surface area contributed by atoms with Gasteiger partial charge in [0.2, 0.25) is 11.2 Å². The van der Waals surface area contributed by atoms with Gasteiger partial charge in [-0.15, -0.1) is 11.8 Å². The molecular formula is C12H17ClN2O2S. The summed E-state index contributed by atoms with van der Waals surface area (Å²) in [7, 11) is 0. The maximum atomic E-state index is 5.87. The molecule has 1 aliphatic rings. The molecule has 1 aromatic heterocycles. The van der Waals surface area contributed by atoms with Crippen molar-refractivity contribution in [3.63, 3.8) is 0 Å². The molecule has 2 heterocycles. The molecule has 0 N–H and O–H groups in total. The molecule has 0 unspecified atom stereocenters. The lowest BCUT2D eigenvalue weighted by Crippen LogP contribution is -2.22. The van der Waals surface area contributed by atoms with E-state index >= 15 is 0 Å². The highest BCUT2D eigenvalue weighted by molar-refractivity contribution is 7.99. The molecule has 0 saturated heterocycles. The molecule has 2 rings (SSSR count). The Morgan fingerprint density at radius 1 is 1.28 bits per heavy atom. The fourth-order valence-electron chi connectivity index (χ4n) is 1.59. The SMILES string of the molecule is CC(C)(C)OCCOc1nc(Cl)nc2c1SCC2. The van der Waals surface area contributed by atoms with E-state index in [0.717, 1.165) is 22.8 Å². The Morgan fingerprint density at radius 2 is 2.06 bits per heavy atom. The average molecular weight is 289 g/mol. The topological polar surface area (TPSA) is 44.2 Å². The van der Waals surface area contributed by atoms with Crippen molar-refractivity contribution in [2.45, 2.75) is 37.7 Å². The summed E-state index contributed by atoms with van der Waals surface area (Å²) >= 11 is 7.59. The molecule has 0 aromatic carbocycles. The molecule has 0 amide bonds. The van der Waals surface area contributed by atoms with Crippen LogP contribution in [0.5, 0.6) is 5.88 Å². The molecule has 1 aromatic rings. The van der Waals surface area contributed by atoms with Crippen LogP contribution in [0.4, 0.5) is 0 Å². The van der Waals surface area contributed by atoms with Crippen molar-refractivity contribution in [2.75, 3.05) is 19.0 Å². The molecule has 18 heavy (non-hydrogen) atoms. The van der Waals surface area contributed by atoms with Crippen LogP contribution in [0.25, 0.3) is 0 Å². The van der Waals surface area contributed by atoms with Gasteiger partial charge < -0.3 is 9.47 Å². The molecule has 0 radical (unpaired) electrons. The predicted octanol–water partition coefficient (Wildman–Crippen LogP) is 2.97. The highest BCUT2D eigenvalue weighted by atomic mass is 35.5. The Bertz CT molecular complexity index is 435. The fourth-order valence-corrected chi connectivity index (χ4v) is 2.81. The van der Waals surface area contributed by atoms with E-state index < -0.39 is 0 Å². The predicted molar refractivity (Wildman–Crippen MR) is 72.7 cm³/mol. The van der Waals surface area contributed by atoms with Gasteiger partial charge in [-0.2, -0.15) is 4.98 Å². The number of fused-ring (bicyclic) bond motifs is 1. The Hall–Kier alpha value is -0.520. The molecule has 0 bridgehead atoms. The first-order valence-corrected chi connectivity index (χ1v) is 7.28. The number of ether oxygens (including phenoxy) is 2. The van der Waals surface area contributed by atoms with Crippen LogP contribution in [-0.4, -0.2) is 34.5 Å². The molecule has 0 aliphatic carbocycles. The Labute approximate surface area is 116 Å². The lowest BCUT2D eigenvalue weighted by molar-refractivity contribution is -0.0171. The van der Waals surface area contributed by atoms with Crippen LogP contribution in [0.1, 0.15) is 26.5 Å². The summed E-state index contributed by atoms with van der Waals surface area (Å²) in [6, 6.07) is 0. The molecule has 100 valence electrons. The van der Waals surface area contributed by atoms with Crippen molar-refractivity contribution in [2.24, 2.45) is 0 Å². The second-order valence-corrected chi connectivity index (χ2v) is 6.42. The molecule has 6 heteroatoms. The maximum Gasteiger partial charge on any atom is 0.232 e. The van der Waals surface area contributed by atoms with Crippen LogP contribution in [-0.2, 0) is 11.2 Å². The molecule has 0 fully saturated rings. The maximum absolute atomic E-state index is 5.87. The molecule has 0 atom stereocenters. The normalized spacial score (nSPS) is 14.7. The number of rotatable bonds is 4. The molecule has 0 spiro atoms. The van der Waals surface area contributed by atoms with E-state index in [0.29, 0.717) is 19.1 Å². The number of aromatic nitrogens is 2. The van der Waals surface area contributed by atoms with Crippen molar-refractivity contribution in [3.05, 3.63) is 11.0 Å². The van der Waals surface area contributed by atoms with Gasteiger partial charge in [0.1, 0.15) is 6.61 Å². The molecular weight excluding hydrogens is 272 g/mol. The molecule has 4 nitrogen and oxygen atoms in total. The van der Waals surface area contributed by atoms with Gasteiger partial charge in [-0.25, -0.2) is 4.98 Å². The first-order chi connectivity index (χ1) is 8.46. The summed E-state index contributed by atoms with van der Waals surface area (Å²) in [6.07, 6.45) is 0.928. The van der Waals surface area contributed by atoms with Gasteiger partial charge in [0.15, 0.2) is 0 Å². The summed E-state index contributed by atoms with van der Waals surface area (Å²) in [5, 5.41) is 0.253. The fraction of sp³-hybridized carbons (Fsp3) is 0.667. The minimum Gasteiger partial charge on any atom is -0.474 e. The van der Waals surface area contributed by atoms with Crippen molar-refractivity contribution in [1.29, 1.82) is 0 Å². The highest BCUT2D eigenvalue weighted by Crippen LogP contribution is 2.37. The van der Waals surface area contributed by atoms with Gasteiger partial charge in [0, 0.05) is 12.2 Å². The second-order valence-electron chi connectivity index (χ2n) is 4.98. The van der Waals surface area contributed by atoms with Crippen LogP contribution in [0, 0.1) is 0 Å². The van der Waals surface area contributed by atoms with E-state index in [2.05, 4.69) is 9.97 Å².